The molecule has 0 aliphatic heterocycles. The number of para-hydroxylation sites is 1. The van der Waals surface area contributed by atoms with E-state index >= 15 is 0 Å². The number of carbonyl (C=O) groups is 2. The highest BCUT2D eigenvalue weighted by atomic mass is 35.5. The summed E-state index contributed by atoms with van der Waals surface area (Å²) in [4.78, 5) is 34.0. The first-order valence-electron chi connectivity index (χ1n) is 11.1. The fraction of sp³-hybridized carbons (Fsp3) is 0.0385. The normalized spacial score (nSPS) is 10.8. The van der Waals surface area contributed by atoms with Crippen molar-refractivity contribution in [2.75, 3.05) is 5.32 Å². The van der Waals surface area contributed by atoms with Gasteiger partial charge in [0, 0.05) is 11.6 Å². The maximum Gasteiger partial charge on any atom is 0.272 e. The molecule has 3 aromatic heterocycles. The van der Waals surface area contributed by atoms with Crippen molar-refractivity contribution in [3.63, 3.8) is 0 Å². The topological polar surface area (TPSA) is 115 Å². The molecular weight excluding hydrogens is 534 g/mol. The standard InChI is InChI=1S/C26H17Cl2FN6O3/c27-20-9-21(28)19(8-18(20)22-7-6-15(29)11-31-22)25(36)33-24-10-23(26(37)32-13-17-12-30-14-38-17)34-35(24)16-4-2-1-3-5-16/h1-12,14H,13H2,(H,32,37)(H,33,36). The Morgan fingerprint density at radius 2 is 1.79 bits per heavy atom. The quantitative estimate of drug-likeness (QED) is 0.274. The summed E-state index contributed by atoms with van der Waals surface area (Å²) >= 11 is 12.7. The summed E-state index contributed by atoms with van der Waals surface area (Å²) in [5.74, 6) is -0.884. The molecule has 0 bridgehead atoms. The van der Waals surface area contributed by atoms with Crippen LogP contribution in [0.3, 0.4) is 0 Å². The fourth-order valence-electron chi connectivity index (χ4n) is 3.57. The Hall–Kier alpha value is -4.54. The lowest BCUT2D eigenvalue weighted by atomic mass is 10.1. The summed E-state index contributed by atoms with van der Waals surface area (Å²) in [7, 11) is 0. The number of hydrogen-bond donors (Lipinski definition) is 2. The number of amides is 2. The van der Waals surface area contributed by atoms with Gasteiger partial charge in [0.05, 0.1) is 45.9 Å². The molecule has 0 saturated carbocycles. The van der Waals surface area contributed by atoms with E-state index in [1.807, 2.05) is 6.07 Å². The van der Waals surface area contributed by atoms with Gasteiger partial charge >= 0.3 is 0 Å². The molecule has 5 aromatic rings. The van der Waals surface area contributed by atoms with E-state index in [4.69, 9.17) is 27.6 Å². The van der Waals surface area contributed by atoms with Crippen LogP contribution in [-0.4, -0.2) is 31.6 Å². The van der Waals surface area contributed by atoms with Gasteiger partial charge in [0.1, 0.15) is 17.4 Å². The van der Waals surface area contributed by atoms with Crippen molar-refractivity contribution in [2.24, 2.45) is 0 Å². The van der Waals surface area contributed by atoms with E-state index in [0.29, 0.717) is 22.7 Å². The van der Waals surface area contributed by atoms with Gasteiger partial charge in [0.2, 0.25) is 0 Å². The van der Waals surface area contributed by atoms with Gasteiger partial charge in [-0.15, -0.1) is 0 Å². The minimum absolute atomic E-state index is 0.0575. The first kappa shape index (κ1) is 25.1. The molecule has 190 valence electrons. The van der Waals surface area contributed by atoms with Gasteiger partial charge < -0.3 is 15.1 Å². The first-order chi connectivity index (χ1) is 18.4. The lowest BCUT2D eigenvalue weighted by Crippen LogP contribution is -2.23. The maximum absolute atomic E-state index is 13.3. The average Bonchev–Trinajstić information content (AvgIpc) is 3.59. The van der Waals surface area contributed by atoms with E-state index < -0.39 is 17.6 Å². The number of hydrogen-bond acceptors (Lipinski definition) is 6. The number of nitrogens with one attached hydrogen (secondary N) is 2. The molecule has 9 nitrogen and oxygen atoms in total. The Morgan fingerprint density at radius 3 is 2.50 bits per heavy atom. The predicted octanol–water partition coefficient (Wildman–Crippen LogP) is 5.55. The van der Waals surface area contributed by atoms with Crippen molar-refractivity contribution in [1.82, 2.24) is 25.1 Å². The number of aromatic nitrogens is 4. The third-order valence-corrected chi connectivity index (χ3v) is 6.02. The predicted molar refractivity (Wildman–Crippen MR) is 139 cm³/mol. The fourth-order valence-corrected chi connectivity index (χ4v) is 4.14. The zero-order valence-corrected chi connectivity index (χ0v) is 20.9. The molecule has 0 fully saturated rings. The summed E-state index contributed by atoms with van der Waals surface area (Å²) in [5, 5.41) is 10.2. The van der Waals surface area contributed by atoms with Crippen molar-refractivity contribution < 1.29 is 18.4 Å². The Balaban J connectivity index is 1.46. The molecule has 5 rings (SSSR count). The Labute approximate surface area is 225 Å². The lowest BCUT2D eigenvalue weighted by Gasteiger charge is -2.12. The zero-order valence-electron chi connectivity index (χ0n) is 19.4. The Morgan fingerprint density at radius 1 is 0.974 bits per heavy atom. The van der Waals surface area contributed by atoms with E-state index in [2.05, 4.69) is 25.7 Å². The molecular formula is C26H17Cl2FN6O3. The van der Waals surface area contributed by atoms with Crippen molar-refractivity contribution >= 4 is 40.8 Å². The molecule has 0 aliphatic rings. The van der Waals surface area contributed by atoms with Crippen LogP contribution in [-0.2, 0) is 6.54 Å². The number of rotatable bonds is 7. The molecule has 0 unspecified atom stereocenters. The molecule has 2 N–H and O–H groups in total. The largest absolute Gasteiger partial charge is 0.447 e. The summed E-state index contributed by atoms with van der Waals surface area (Å²) in [6, 6.07) is 16.0. The summed E-state index contributed by atoms with van der Waals surface area (Å²) in [6.45, 7) is 0.110. The number of benzene rings is 2. The zero-order chi connectivity index (χ0) is 26.6. The molecule has 3 heterocycles. The van der Waals surface area contributed by atoms with Crippen molar-refractivity contribution in [1.29, 1.82) is 0 Å². The van der Waals surface area contributed by atoms with Gasteiger partial charge in [0.15, 0.2) is 12.1 Å². The lowest BCUT2D eigenvalue weighted by molar-refractivity contribution is 0.0941. The van der Waals surface area contributed by atoms with E-state index in [-0.39, 0.29) is 33.7 Å². The smallest absolute Gasteiger partial charge is 0.272 e. The number of halogens is 3. The average molecular weight is 551 g/mol. The molecule has 0 radical (unpaired) electrons. The van der Waals surface area contributed by atoms with Crippen LogP contribution in [0.15, 0.2) is 83.9 Å². The van der Waals surface area contributed by atoms with Gasteiger partial charge in [-0.1, -0.05) is 41.4 Å². The van der Waals surface area contributed by atoms with Gasteiger partial charge in [-0.3, -0.25) is 14.6 Å². The molecule has 0 aliphatic carbocycles. The van der Waals surface area contributed by atoms with Crippen molar-refractivity contribution in [3.8, 4) is 16.9 Å². The van der Waals surface area contributed by atoms with Gasteiger partial charge in [-0.25, -0.2) is 14.1 Å². The first-order valence-corrected chi connectivity index (χ1v) is 11.9. The van der Waals surface area contributed by atoms with Crippen LogP contribution in [0.5, 0.6) is 0 Å². The van der Waals surface area contributed by atoms with Crippen LogP contribution in [0.25, 0.3) is 16.9 Å². The van der Waals surface area contributed by atoms with Crippen LogP contribution in [0.4, 0.5) is 10.2 Å². The van der Waals surface area contributed by atoms with Crippen molar-refractivity contribution in [3.05, 3.63) is 112 Å². The van der Waals surface area contributed by atoms with E-state index in [9.17, 15) is 14.0 Å². The number of carbonyl (C=O) groups excluding carboxylic acids is 2. The van der Waals surface area contributed by atoms with Crippen molar-refractivity contribution in [2.45, 2.75) is 6.54 Å². The van der Waals surface area contributed by atoms with Crippen LogP contribution >= 0.6 is 23.2 Å². The Bertz CT molecular complexity index is 1610. The van der Waals surface area contributed by atoms with E-state index in [1.54, 1.807) is 24.3 Å². The summed E-state index contributed by atoms with van der Waals surface area (Å²) in [6.07, 6.45) is 3.80. The molecule has 2 amide bonds. The monoisotopic (exact) mass is 550 g/mol. The van der Waals surface area contributed by atoms with Gasteiger partial charge in [-0.05, 0) is 36.4 Å². The van der Waals surface area contributed by atoms with E-state index in [1.165, 1.54) is 47.6 Å². The van der Waals surface area contributed by atoms with E-state index in [0.717, 1.165) is 6.20 Å². The number of anilines is 1. The third-order valence-electron chi connectivity index (χ3n) is 5.40. The molecule has 0 atom stereocenters. The highest BCUT2D eigenvalue weighted by molar-refractivity contribution is 6.38. The second-order valence-electron chi connectivity index (χ2n) is 7.94. The number of oxazole rings is 1. The van der Waals surface area contributed by atoms with Crippen LogP contribution in [0.1, 0.15) is 26.6 Å². The van der Waals surface area contributed by atoms with Crippen LogP contribution < -0.4 is 10.6 Å². The molecule has 2 aromatic carbocycles. The minimum Gasteiger partial charge on any atom is -0.447 e. The molecule has 0 saturated heterocycles. The summed E-state index contributed by atoms with van der Waals surface area (Å²) in [5.41, 5.74) is 1.51. The van der Waals surface area contributed by atoms with Gasteiger partial charge in [0.25, 0.3) is 11.8 Å². The summed E-state index contributed by atoms with van der Waals surface area (Å²) < 4.78 is 19.9. The van der Waals surface area contributed by atoms with Crippen LogP contribution in [0, 0.1) is 5.82 Å². The highest BCUT2D eigenvalue weighted by Gasteiger charge is 2.21. The second kappa shape index (κ2) is 10.8. The number of pyridine rings is 1. The SMILES string of the molecule is O=C(NCc1cnco1)c1cc(NC(=O)c2cc(-c3ccc(F)cn3)c(Cl)cc2Cl)n(-c2ccccc2)n1. The molecule has 38 heavy (non-hydrogen) atoms. The van der Waals surface area contributed by atoms with Crippen LogP contribution in [0.2, 0.25) is 10.0 Å². The minimum atomic E-state index is -0.583. The molecule has 0 spiro atoms. The number of nitrogens with zero attached hydrogens (tertiary/aromatic N) is 4. The second-order valence-corrected chi connectivity index (χ2v) is 8.75. The third kappa shape index (κ3) is 5.41. The molecule has 12 heteroatoms. The Kier molecular flexibility index (Phi) is 7.16. The van der Waals surface area contributed by atoms with Gasteiger partial charge in [-0.2, -0.15) is 5.10 Å². The highest BCUT2D eigenvalue weighted by Crippen LogP contribution is 2.32. The maximum atomic E-state index is 13.3.